The summed E-state index contributed by atoms with van der Waals surface area (Å²) >= 11 is 0. The smallest absolute Gasteiger partial charge is 0.422 e. The van der Waals surface area contributed by atoms with Crippen LogP contribution in [-0.2, 0) is 39.6 Å². The maximum absolute atomic E-state index is 13.3. The van der Waals surface area contributed by atoms with E-state index in [1.165, 1.54) is 12.1 Å². The van der Waals surface area contributed by atoms with Crippen LogP contribution in [0.4, 0.5) is 32.2 Å². The summed E-state index contributed by atoms with van der Waals surface area (Å²) in [5, 5.41) is 9.50. The molecule has 0 radical (unpaired) electrons. The number of carbonyl (C=O) groups excluding carboxylic acids is 2. The highest BCUT2D eigenvalue weighted by atomic mass is 32.2. The van der Waals surface area contributed by atoms with E-state index in [-0.39, 0.29) is 35.8 Å². The molecule has 0 bridgehead atoms. The SMILES string of the molecule is CS(=O)(=O)CC(=O)Nc1c2c(nn1CCCC(F)(F)F)C[C@]1(CCc3cc(OCC(F)(F)F)ccc31)NC2=O. The minimum absolute atomic E-state index is 0.00997. The van der Waals surface area contributed by atoms with Gasteiger partial charge in [0.15, 0.2) is 16.4 Å². The number of carbonyl (C=O) groups is 2. The number of nitrogens with one attached hydrogen (secondary N) is 2. The lowest BCUT2D eigenvalue weighted by Gasteiger charge is -2.35. The Bertz CT molecular complexity index is 1400. The molecule has 1 aromatic heterocycles. The molecule has 9 nitrogen and oxygen atoms in total. The summed E-state index contributed by atoms with van der Waals surface area (Å²) in [6.45, 7) is -1.77. The fourth-order valence-electron chi connectivity index (χ4n) is 4.90. The molecule has 0 unspecified atom stereocenters. The second-order valence-electron chi connectivity index (χ2n) is 9.67. The fraction of sp³-hybridized carbons (Fsp3) is 0.522. The minimum atomic E-state index is -4.51. The first-order chi connectivity index (χ1) is 17.9. The molecule has 214 valence electrons. The molecule has 0 fully saturated rings. The van der Waals surface area contributed by atoms with Gasteiger partial charge >= 0.3 is 12.4 Å². The maximum atomic E-state index is 13.3. The van der Waals surface area contributed by atoms with Gasteiger partial charge in [-0.25, -0.2) is 13.1 Å². The van der Waals surface area contributed by atoms with Crippen LogP contribution in [0, 0.1) is 0 Å². The number of nitrogens with zero attached hydrogens (tertiary/aromatic N) is 2. The number of aryl methyl sites for hydroxylation is 2. The van der Waals surface area contributed by atoms with Gasteiger partial charge in [0, 0.05) is 25.6 Å². The quantitative estimate of drug-likeness (QED) is 0.462. The monoisotopic (exact) mass is 582 g/mol. The van der Waals surface area contributed by atoms with E-state index in [1.807, 2.05) is 0 Å². The molecule has 1 aliphatic heterocycles. The minimum Gasteiger partial charge on any atom is -0.484 e. The van der Waals surface area contributed by atoms with Gasteiger partial charge in [0.2, 0.25) is 5.91 Å². The predicted molar refractivity (Wildman–Crippen MR) is 125 cm³/mol. The Morgan fingerprint density at radius 3 is 2.56 bits per heavy atom. The van der Waals surface area contributed by atoms with Crippen molar-refractivity contribution < 1.29 is 49.1 Å². The summed E-state index contributed by atoms with van der Waals surface area (Å²) in [6.07, 6.45) is -8.82. The van der Waals surface area contributed by atoms with Crippen molar-refractivity contribution >= 4 is 27.5 Å². The van der Waals surface area contributed by atoms with Crippen LogP contribution in [0.3, 0.4) is 0 Å². The zero-order valence-electron chi connectivity index (χ0n) is 20.5. The van der Waals surface area contributed by atoms with Crippen LogP contribution in [-0.4, -0.2) is 61.0 Å². The number of ether oxygens (including phenoxy) is 1. The van der Waals surface area contributed by atoms with Crippen LogP contribution >= 0.6 is 0 Å². The lowest BCUT2D eigenvalue weighted by molar-refractivity contribution is -0.153. The summed E-state index contributed by atoms with van der Waals surface area (Å²) in [5.74, 6) is -2.77. The predicted octanol–water partition coefficient (Wildman–Crippen LogP) is 3.28. The molecule has 2 heterocycles. The highest BCUT2D eigenvalue weighted by Crippen LogP contribution is 2.44. The number of aromatic nitrogens is 2. The van der Waals surface area contributed by atoms with Crippen molar-refractivity contribution in [3.63, 3.8) is 0 Å². The van der Waals surface area contributed by atoms with Crippen molar-refractivity contribution in [2.75, 3.05) is 23.9 Å². The Morgan fingerprint density at radius 1 is 1.21 bits per heavy atom. The number of sulfone groups is 1. The molecule has 1 aliphatic carbocycles. The third-order valence-electron chi connectivity index (χ3n) is 6.37. The Hall–Kier alpha value is -3.30. The van der Waals surface area contributed by atoms with Gasteiger partial charge in [0.1, 0.15) is 22.9 Å². The average Bonchev–Trinajstić information content (AvgIpc) is 3.28. The number of anilines is 1. The molecule has 1 spiro atoms. The Kier molecular flexibility index (Phi) is 7.38. The van der Waals surface area contributed by atoms with E-state index in [4.69, 9.17) is 4.74 Å². The molecule has 16 heteroatoms. The highest BCUT2D eigenvalue weighted by molar-refractivity contribution is 7.91. The van der Waals surface area contributed by atoms with Crippen LogP contribution in [0.15, 0.2) is 18.2 Å². The Labute approximate surface area is 218 Å². The normalized spacial score (nSPS) is 19.0. The third-order valence-corrected chi connectivity index (χ3v) is 7.16. The van der Waals surface area contributed by atoms with Crippen molar-refractivity contribution in [2.45, 2.75) is 56.5 Å². The summed E-state index contributed by atoms with van der Waals surface area (Å²) in [6, 6.07) is 4.37. The maximum Gasteiger partial charge on any atom is 0.422 e. The van der Waals surface area contributed by atoms with E-state index in [0.29, 0.717) is 24.0 Å². The molecule has 0 saturated heterocycles. The number of halogens is 6. The number of rotatable bonds is 8. The molecule has 4 rings (SSSR count). The first-order valence-corrected chi connectivity index (χ1v) is 13.8. The van der Waals surface area contributed by atoms with Gasteiger partial charge in [-0.3, -0.25) is 9.59 Å². The average molecular weight is 583 g/mol. The van der Waals surface area contributed by atoms with Crippen LogP contribution in [0.2, 0.25) is 0 Å². The molecule has 0 saturated carbocycles. The van der Waals surface area contributed by atoms with Gasteiger partial charge in [0.25, 0.3) is 5.91 Å². The molecule has 1 atom stereocenters. The number of hydrogen-bond acceptors (Lipinski definition) is 6. The van der Waals surface area contributed by atoms with Gasteiger partial charge in [-0.05, 0) is 42.5 Å². The first-order valence-electron chi connectivity index (χ1n) is 11.7. The largest absolute Gasteiger partial charge is 0.484 e. The van der Waals surface area contributed by atoms with Crippen LogP contribution in [0.5, 0.6) is 5.75 Å². The summed E-state index contributed by atoms with van der Waals surface area (Å²) in [5.41, 5.74) is 0.403. The molecule has 2 N–H and O–H groups in total. The lowest BCUT2D eigenvalue weighted by atomic mass is 9.82. The fourth-order valence-corrected chi connectivity index (χ4v) is 5.45. The van der Waals surface area contributed by atoms with Gasteiger partial charge < -0.3 is 15.4 Å². The Balaban J connectivity index is 1.64. The summed E-state index contributed by atoms with van der Waals surface area (Å²) < 4.78 is 105. The van der Waals surface area contributed by atoms with E-state index < -0.39 is 64.7 Å². The van der Waals surface area contributed by atoms with Crippen molar-refractivity contribution in [3.8, 4) is 5.75 Å². The van der Waals surface area contributed by atoms with Gasteiger partial charge in [-0.2, -0.15) is 31.4 Å². The third kappa shape index (κ3) is 6.83. The molecule has 2 aromatic rings. The number of hydrogen-bond donors (Lipinski definition) is 2. The molecule has 2 amide bonds. The topological polar surface area (TPSA) is 119 Å². The number of fused-ring (bicyclic) bond motifs is 3. The van der Waals surface area contributed by atoms with Crippen molar-refractivity contribution in [1.82, 2.24) is 15.1 Å². The second-order valence-corrected chi connectivity index (χ2v) is 11.8. The van der Waals surface area contributed by atoms with Crippen LogP contribution < -0.4 is 15.4 Å². The van der Waals surface area contributed by atoms with Crippen molar-refractivity contribution in [2.24, 2.45) is 0 Å². The van der Waals surface area contributed by atoms with Crippen molar-refractivity contribution in [1.29, 1.82) is 0 Å². The molecule has 2 aliphatic rings. The zero-order valence-corrected chi connectivity index (χ0v) is 21.3. The van der Waals surface area contributed by atoms with E-state index in [2.05, 4.69) is 15.7 Å². The summed E-state index contributed by atoms with van der Waals surface area (Å²) in [7, 11) is -3.74. The lowest BCUT2D eigenvalue weighted by Crippen LogP contribution is -2.49. The summed E-state index contributed by atoms with van der Waals surface area (Å²) in [4.78, 5) is 25.6. The van der Waals surface area contributed by atoms with Gasteiger partial charge in [-0.1, -0.05) is 6.07 Å². The molecule has 1 aromatic carbocycles. The molecule has 39 heavy (non-hydrogen) atoms. The first kappa shape index (κ1) is 28.7. The molecular formula is C23H24F6N4O5S. The van der Waals surface area contributed by atoms with Crippen LogP contribution in [0.1, 0.15) is 46.4 Å². The highest BCUT2D eigenvalue weighted by Gasteiger charge is 2.46. The van der Waals surface area contributed by atoms with E-state index in [0.717, 1.165) is 10.9 Å². The van der Waals surface area contributed by atoms with Crippen LogP contribution in [0.25, 0.3) is 0 Å². The van der Waals surface area contributed by atoms with Gasteiger partial charge in [-0.15, -0.1) is 0 Å². The van der Waals surface area contributed by atoms with E-state index >= 15 is 0 Å². The number of alkyl halides is 6. The zero-order chi connectivity index (χ0) is 28.8. The van der Waals surface area contributed by atoms with E-state index in [1.54, 1.807) is 6.07 Å². The number of amides is 2. The van der Waals surface area contributed by atoms with Gasteiger partial charge in [0.05, 0.1) is 11.2 Å². The molecular weight excluding hydrogens is 558 g/mol. The Morgan fingerprint density at radius 2 is 1.92 bits per heavy atom. The second kappa shape index (κ2) is 10.0. The van der Waals surface area contributed by atoms with Crippen molar-refractivity contribution in [3.05, 3.63) is 40.6 Å². The standard InChI is InChI=1S/C23H24F6N4O5S/c1-39(36,37)11-17(34)30-19-18-16(32-33(19)8-2-6-22(24,25)26)10-21(31-20(18)35)7-5-13-9-14(3-4-15(13)21)38-12-23(27,28)29/h3-4,9H,2,5-8,10-12H2,1H3,(H,30,34)(H,31,35)/t21-/m0/s1. The number of benzene rings is 1. The van der Waals surface area contributed by atoms with E-state index in [9.17, 15) is 44.3 Å².